The quantitative estimate of drug-likeness (QED) is 0.193. The van der Waals surface area contributed by atoms with E-state index in [-0.39, 0.29) is 0 Å². The van der Waals surface area contributed by atoms with Crippen molar-refractivity contribution in [3.63, 3.8) is 0 Å². The molecular weight excluding hydrogens is 583 g/mol. The summed E-state index contributed by atoms with van der Waals surface area (Å²) in [4.78, 5) is 12.3. The van der Waals surface area contributed by atoms with Gasteiger partial charge < -0.3 is 4.90 Å². The molecule has 3 heterocycles. The van der Waals surface area contributed by atoms with E-state index < -0.39 is 5.41 Å². The van der Waals surface area contributed by atoms with Crippen LogP contribution in [0.5, 0.6) is 0 Å². The van der Waals surface area contributed by atoms with E-state index in [2.05, 4.69) is 169 Å². The Bertz CT molecular complexity index is 2290. The first-order valence-corrected chi connectivity index (χ1v) is 16.3. The number of fused-ring (bicyclic) bond motifs is 4. The zero-order chi connectivity index (χ0) is 31.9. The van der Waals surface area contributed by atoms with Crippen LogP contribution in [0.3, 0.4) is 0 Å². The van der Waals surface area contributed by atoms with Crippen LogP contribution in [0.4, 0.5) is 17.1 Å². The van der Waals surface area contributed by atoms with Crippen LogP contribution in [-0.2, 0) is 5.41 Å². The molecule has 0 saturated heterocycles. The topological polar surface area (TPSA) is 29.0 Å². The minimum atomic E-state index is -0.583. The monoisotopic (exact) mass is 613 g/mol. The van der Waals surface area contributed by atoms with Gasteiger partial charge in [-0.15, -0.1) is 0 Å². The maximum absolute atomic E-state index is 4.89. The summed E-state index contributed by atoms with van der Waals surface area (Å²) in [5, 5.41) is 2.37. The third-order valence-electron chi connectivity index (χ3n) is 9.63. The fourth-order valence-corrected chi connectivity index (χ4v) is 7.69. The fraction of sp³-hybridized carbons (Fsp3) is 0.0222. The summed E-state index contributed by atoms with van der Waals surface area (Å²) in [5.41, 5.74) is 11.5. The van der Waals surface area contributed by atoms with Gasteiger partial charge in [-0.1, -0.05) is 146 Å². The number of nitrogens with zero attached hydrogens (tertiary/aromatic N) is 3. The van der Waals surface area contributed by atoms with Crippen LogP contribution in [0, 0.1) is 0 Å². The molecule has 48 heavy (non-hydrogen) atoms. The van der Waals surface area contributed by atoms with Crippen molar-refractivity contribution in [2.45, 2.75) is 5.41 Å². The van der Waals surface area contributed by atoms with E-state index >= 15 is 0 Å². The molecule has 9 rings (SSSR count). The minimum Gasteiger partial charge on any atom is -0.308 e. The molecule has 0 spiro atoms. The first-order valence-electron chi connectivity index (χ1n) is 16.3. The van der Waals surface area contributed by atoms with Crippen LogP contribution in [0.15, 0.2) is 188 Å². The van der Waals surface area contributed by atoms with E-state index in [9.17, 15) is 0 Å². The lowest BCUT2D eigenvalue weighted by molar-refractivity contribution is 0.733. The highest BCUT2D eigenvalue weighted by atomic mass is 15.2. The maximum atomic E-state index is 4.89. The van der Waals surface area contributed by atoms with E-state index in [1.54, 1.807) is 0 Å². The Kier molecular flexibility index (Phi) is 6.69. The summed E-state index contributed by atoms with van der Waals surface area (Å²) in [6.07, 6.45) is 3.74. The number of anilines is 3. The molecule has 6 aromatic carbocycles. The van der Waals surface area contributed by atoms with Crippen molar-refractivity contribution in [1.82, 2.24) is 9.97 Å². The molecule has 0 unspecified atom stereocenters. The van der Waals surface area contributed by atoms with E-state index in [4.69, 9.17) is 9.97 Å². The molecule has 2 aromatic heterocycles. The number of para-hydroxylation sites is 2. The van der Waals surface area contributed by atoms with Gasteiger partial charge in [-0.05, 0) is 58.0 Å². The van der Waals surface area contributed by atoms with Gasteiger partial charge >= 0.3 is 0 Å². The summed E-state index contributed by atoms with van der Waals surface area (Å²) in [5.74, 6) is 0. The summed E-state index contributed by atoms with van der Waals surface area (Å²) < 4.78 is 0. The van der Waals surface area contributed by atoms with E-state index in [0.29, 0.717) is 0 Å². The van der Waals surface area contributed by atoms with Crippen LogP contribution < -0.4 is 4.90 Å². The molecule has 0 saturated carbocycles. The molecule has 0 aliphatic carbocycles. The van der Waals surface area contributed by atoms with E-state index in [0.717, 1.165) is 39.6 Å². The van der Waals surface area contributed by atoms with E-state index in [1.165, 1.54) is 33.0 Å². The Labute approximate surface area is 280 Å². The van der Waals surface area contributed by atoms with Gasteiger partial charge in [-0.3, -0.25) is 9.97 Å². The molecule has 0 radical (unpaired) electrons. The van der Waals surface area contributed by atoms with Crippen LogP contribution in [-0.4, -0.2) is 9.97 Å². The molecule has 1 aliphatic heterocycles. The third-order valence-corrected chi connectivity index (χ3v) is 9.63. The second-order valence-corrected chi connectivity index (χ2v) is 12.1. The predicted molar refractivity (Wildman–Crippen MR) is 197 cm³/mol. The zero-order valence-electron chi connectivity index (χ0n) is 26.2. The Hall–Kier alpha value is -6.32. The average Bonchev–Trinajstić information content (AvgIpc) is 3.18. The van der Waals surface area contributed by atoms with Gasteiger partial charge in [0.25, 0.3) is 0 Å². The highest BCUT2D eigenvalue weighted by molar-refractivity contribution is 6.08. The normalized spacial score (nSPS) is 13.1. The standard InChI is InChI=1S/C45H31N3/c1-3-17-33(18-4-1)45(34-19-5-2-6-20-34)38-24-9-10-27-42(38)48(44-35-21-8-7-16-32(35)28-29-39(44)45)43-36(40-25-11-13-30-46-40)22-15-23-37(43)41-26-12-14-31-47-41/h1-31H. The van der Waals surface area contributed by atoms with Crippen molar-refractivity contribution in [1.29, 1.82) is 0 Å². The smallest absolute Gasteiger partial charge is 0.0742 e. The van der Waals surface area contributed by atoms with E-state index in [1.807, 2.05) is 24.5 Å². The van der Waals surface area contributed by atoms with Crippen molar-refractivity contribution >= 4 is 27.8 Å². The second kappa shape index (κ2) is 11.5. The Morgan fingerprint density at radius 3 is 1.58 bits per heavy atom. The molecule has 0 atom stereocenters. The molecule has 1 aliphatic rings. The van der Waals surface area contributed by atoms with Crippen LogP contribution >= 0.6 is 0 Å². The van der Waals surface area contributed by atoms with Crippen molar-refractivity contribution in [3.8, 4) is 22.5 Å². The highest BCUT2D eigenvalue weighted by Gasteiger charge is 2.47. The second-order valence-electron chi connectivity index (χ2n) is 12.1. The van der Waals surface area contributed by atoms with Gasteiger partial charge in [-0.2, -0.15) is 0 Å². The van der Waals surface area contributed by atoms with Gasteiger partial charge in [-0.25, -0.2) is 0 Å². The molecule has 0 bridgehead atoms. The minimum absolute atomic E-state index is 0.583. The van der Waals surface area contributed by atoms with Gasteiger partial charge in [0.1, 0.15) is 0 Å². The predicted octanol–water partition coefficient (Wildman–Crippen LogP) is 11.1. The summed E-state index contributed by atoms with van der Waals surface area (Å²) in [6.45, 7) is 0. The molecule has 3 heteroatoms. The summed E-state index contributed by atoms with van der Waals surface area (Å²) in [6, 6.07) is 63.0. The van der Waals surface area contributed by atoms with Crippen LogP contribution in [0.1, 0.15) is 22.3 Å². The molecule has 226 valence electrons. The Balaban J connectivity index is 1.49. The van der Waals surface area contributed by atoms with Crippen molar-refractivity contribution < 1.29 is 0 Å². The number of pyridine rings is 2. The molecule has 0 fully saturated rings. The average molecular weight is 614 g/mol. The number of hydrogen-bond donors (Lipinski definition) is 0. The Morgan fingerprint density at radius 2 is 0.958 bits per heavy atom. The third kappa shape index (κ3) is 4.21. The maximum Gasteiger partial charge on any atom is 0.0742 e. The van der Waals surface area contributed by atoms with Gasteiger partial charge in [0, 0.05) is 28.9 Å². The first-order chi connectivity index (χ1) is 23.9. The number of aromatic nitrogens is 2. The summed E-state index contributed by atoms with van der Waals surface area (Å²) in [7, 11) is 0. The lowest BCUT2D eigenvalue weighted by atomic mass is 9.62. The lowest BCUT2D eigenvalue weighted by Crippen LogP contribution is -2.38. The molecule has 8 aromatic rings. The van der Waals surface area contributed by atoms with Gasteiger partial charge in [0.2, 0.25) is 0 Å². The number of benzene rings is 6. The van der Waals surface area contributed by atoms with Gasteiger partial charge in [0.05, 0.1) is 33.9 Å². The largest absolute Gasteiger partial charge is 0.308 e. The molecule has 0 amide bonds. The van der Waals surface area contributed by atoms with Crippen molar-refractivity contribution in [2.75, 3.05) is 4.90 Å². The molecule has 0 N–H and O–H groups in total. The first kappa shape index (κ1) is 27.9. The lowest BCUT2D eigenvalue weighted by Gasteiger charge is -2.47. The summed E-state index contributed by atoms with van der Waals surface area (Å²) >= 11 is 0. The number of rotatable bonds is 5. The Morgan fingerprint density at radius 1 is 0.396 bits per heavy atom. The van der Waals surface area contributed by atoms with Crippen LogP contribution in [0.2, 0.25) is 0 Å². The molecular formula is C45H31N3. The van der Waals surface area contributed by atoms with Gasteiger partial charge in [0.15, 0.2) is 0 Å². The van der Waals surface area contributed by atoms with Crippen molar-refractivity contribution in [3.05, 3.63) is 211 Å². The number of hydrogen-bond acceptors (Lipinski definition) is 3. The van der Waals surface area contributed by atoms with Crippen molar-refractivity contribution in [2.24, 2.45) is 0 Å². The fourth-order valence-electron chi connectivity index (χ4n) is 7.69. The zero-order valence-corrected chi connectivity index (χ0v) is 26.2. The molecule has 3 nitrogen and oxygen atoms in total. The highest BCUT2D eigenvalue weighted by Crippen LogP contribution is 2.61. The van der Waals surface area contributed by atoms with Crippen LogP contribution in [0.25, 0.3) is 33.3 Å². The SMILES string of the molecule is c1ccc(C2(c3ccccc3)c3ccccc3N(c3c(-c4ccccn4)cccc3-c3ccccn3)c3c2ccc2ccccc32)cc1.